The van der Waals surface area contributed by atoms with Crippen LogP contribution in [-0.4, -0.2) is 20.1 Å². The van der Waals surface area contributed by atoms with Crippen LogP contribution in [0.4, 0.5) is 0 Å². The van der Waals surface area contributed by atoms with Crippen LogP contribution in [0.1, 0.15) is 42.1 Å². The zero-order chi connectivity index (χ0) is 18.4. The summed E-state index contributed by atoms with van der Waals surface area (Å²) in [6, 6.07) is 13.0. The average molecular weight is 342 g/mol. The van der Waals surface area contributed by atoms with Gasteiger partial charge in [0.05, 0.1) is 20.3 Å². The van der Waals surface area contributed by atoms with E-state index in [1.54, 1.807) is 14.2 Å². The molecule has 0 aromatic heterocycles. The second-order valence-electron chi connectivity index (χ2n) is 6.07. The Kier molecular flexibility index (Phi) is 6.42. The second-order valence-corrected chi connectivity index (χ2v) is 6.07. The lowest BCUT2D eigenvalue weighted by Crippen LogP contribution is -2.30. The van der Waals surface area contributed by atoms with Gasteiger partial charge in [-0.3, -0.25) is 4.79 Å². The number of ether oxygens (including phenoxy) is 2. The molecule has 2 unspecified atom stereocenters. The number of amides is 1. The first-order chi connectivity index (χ1) is 12.0. The van der Waals surface area contributed by atoms with E-state index in [0.29, 0.717) is 11.5 Å². The van der Waals surface area contributed by atoms with Crippen molar-refractivity contribution in [1.29, 1.82) is 0 Å². The number of methoxy groups -OCH3 is 2. The van der Waals surface area contributed by atoms with Gasteiger partial charge >= 0.3 is 0 Å². The highest BCUT2D eigenvalue weighted by Gasteiger charge is 2.17. The molecular formula is C20H26N2O3. The zero-order valence-corrected chi connectivity index (χ0v) is 15.2. The third-order valence-corrected chi connectivity index (χ3v) is 4.25. The number of nitrogens with one attached hydrogen (secondary N) is 1. The van der Waals surface area contributed by atoms with Gasteiger partial charge in [0.1, 0.15) is 0 Å². The van der Waals surface area contributed by atoms with Gasteiger partial charge in [0.2, 0.25) is 5.91 Å². The molecule has 2 atom stereocenters. The standard InChI is InChI=1S/C20H26N2O3/c1-13-10-18(24-3)19(25-4)11-16(13)14(2)22-20(23)12-17(21)15-8-6-5-7-9-15/h5-11,14,17H,12,21H2,1-4H3,(H,22,23). The highest BCUT2D eigenvalue weighted by molar-refractivity contribution is 5.77. The third kappa shape index (κ3) is 4.73. The second kappa shape index (κ2) is 8.53. The van der Waals surface area contributed by atoms with Gasteiger partial charge in [0, 0.05) is 12.5 Å². The van der Waals surface area contributed by atoms with E-state index in [-0.39, 0.29) is 24.4 Å². The number of benzene rings is 2. The quantitative estimate of drug-likeness (QED) is 0.810. The lowest BCUT2D eigenvalue weighted by molar-refractivity contribution is -0.122. The first kappa shape index (κ1) is 18.8. The molecule has 0 aliphatic rings. The van der Waals surface area contributed by atoms with Gasteiger partial charge in [-0.15, -0.1) is 0 Å². The summed E-state index contributed by atoms with van der Waals surface area (Å²) in [5.41, 5.74) is 9.09. The summed E-state index contributed by atoms with van der Waals surface area (Å²) < 4.78 is 10.7. The Morgan fingerprint density at radius 2 is 1.72 bits per heavy atom. The SMILES string of the molecule is COc1cc(C)c(C(C)NC(=O)CC(N)c2ccccc2)cc1OC. The predicted octanol–water partition coefficient (Wildman–Crippen LogP) is 3.28. The van der Waals surface area contributed by atoms with Crippen LogP contribution >= 0.6 is 0 Å². The molecule has 2 aromatic carbocycles. The molecular weight excluding hydrogens is 316 g/mol. The molecule has 5 heteroatoms. The molecule has 0 bridgehead atoms. The maximum Gasteiger partial charge on any atom is 0.222 e. The maximum atomic E-state index is 12.4. The normalized spacial score (nSPS) is 13.0. The van der Waals surface area contributed by atoms with Gasteiger partial charge in [0.15, 0.2) is 11.5 Å². The molecule has 0 fully saturated rings. The molecule has 0 aliphatic heterocycles. The van der Waals surface area contributed by atoms with E-state index in [1.807, 2.05) is 56.3 Å². The van der Waals surface area contributed by atoms with Crippen LogP contribution in [0.5, 0.6) is 11.5 Å². The molecule has 2 rings (SSSR count). The molecule has 0 heterocycles. The van der Waals surface area contributed by atoms with E-state index < -0.39 is 0 Å². The van der Waals surface area contributed by atoms with Crippen molar-refractivity contribution in [3.63, 3.8) is 0 Å². The third-order valence-electron chi connectivity index (χ3n) is 4.25. The van der Waals surface area contributed by atoms with Crippen LogP contribution in [0.2, 0.25) is 0 Å². The fourth-order valence-corrected chi connectivity index (χ4v) is 2.86. The van der Waals surface area contributed by atoms with E-state index in [4.69, 9.17) is 15.2 Å². The van der Waals surface area contributed by atoms with Gasteiger partial charge < -0.3 is 20.5 Å². The number of aryl methyl sites for hydroxylation is 1. The molecule has 1 amide bonds. The van der Waals surface area contributed by atoms with E-state index in [1.165, 1.54) is 0 Å². The molecule has 0 spiro atoms. The summed E-state index contributed by atoms with van der Waals surface area (Å²) in [7, 11) is 3.20. The van der Waals surface area contributed by atoms with Gasteiger partial charge in [-0.2, -0.15) is 0 Å². The summed E-state index contributed by atoms with van der Waals surface area (Å²) >= 11 is 0. The molecule has 5 nitrogen and oxygen atoms in total. The fourth-order valence-electron chi connectivity index (χ4n) is 2.86. The fraction of sp³-hybridized carbons (Fsp3) is 0.350. The zero-order valence-electron chi connectivity index (χ0n) is 15.2. The van der Waals surface area contributed by atoms with Gasteiger partial charge in [-0.1, -0.05) is 30.3 Å². The summed E-state index contributed by atoms with van der Waals surface area (Å²) in [5.74, 6) is 1.23. The van der Waals surface area contributed by atoms with Crippen LogP contribution in [0.15, 0.2) is 42.5 Å². The monoisotopic (exact) mass is 342 g/mol. The van der Waals surface area contributed by atoms with Crippen molar-refractivity contribution in [2.24, 2.45) is 5.73 Å². The van der Waals surface area contributed by atoms with Gasteiger partial charge in [-0.25, -0.2) is 0 Å². The lowest BCUT2D eigenvalue weighted by Gasteiger charge is -2.20. The van der Waals surface area contributed by atoms with Crippen molar-refractivity contribution >= 4 is 5.91 Å². The number of carbonyl (C=O) groups excluding carboxylic acids is 1. The number of nitrogens with two attached hydrogens (primary N) is 1. The minimum absolute atomic E-state index is 0.0852. The van der Waals surface area contributed by atoms with Crippen LogP contribution in [0.25, 0.3) is 0 Å². The highest BCUT2D eigenvalue weighted by atomic mass is 16.5. The minimum Gasteiger partial charge on any atom is -0.493 e. The summed E-state index contributed by atoms with van der Waals surface area (Å²) in [5, 5.41) is 3.01. The van der Waals surface area contributed by atoms with Crippen molar-refractivity contribution in [2.75, 3.05) is 14.2 Å². The first-order valence-electron chi connectivity index (χ1n) is 8.28. The molecule has 134 valence electrons. The van der Waals surface area contributed by atoms with Crippen molar-refractivity contribution in [3.8, 4) is 11.5 Å². The van der Waals surface area contributed by atoms with E-state index in [9.17, 15) is 4.79 Å². The number of hydrogen-bond donors (Lipinski definition) is 2. The Balaban J connectivity index is 2.06. The van der Waals surface area contributed by atoms with E-state index >= 15 is 0 Å². The molecule has 0 saturated heterocycles. The molecule has 0 radical (unpaired) electrons. The summed E-state index contributed by atoms with van der Waals surface area (Å²) in [4.78, 5) is 12.4. The molecule has 3 N–H and O–H groups in total. The van der Waals surface area contributed by atoms with Gasteiger partial charge in [0.25, 0.3) is 0 Å². The number of hydrogen-bond acceptors (Lipinski definition) is 4. The molecule has 0 saturated carbocycles. The van der Waals surface area contributed by atoms with Crippen molar-refractivity contribution in [2.45, 2.75) is 32.4 Å². The molecule has 0 aliphatic carbocycles. The van der Waals surface area contributed by atoms with E-state index in [0.717, 1.165) is 16.7 Å². The maximum absolute atomic E-state index is 12.4. The molecule has 2 aromatic rings. The van der Waals surface area contributed by atoms with Crippen LogP contribution in [0.3, 0.4) is 0 Å². The Labute approximate surface area is 149 Å². The van der Waals surface area contributed by atoms with Crippen molar-refractivity contribution in [3.05, 3.63) is 59.2 Å². The molecule has 25 heavy (non-hydrogen) atoms. The smallest absolute Gasteiger partial charge is 0.222 e. The summed E-state index contributed by atoms with van der Waals surface area (Å²) in [6.07, 6.45) is 0.237. The first-order valence-corrected chi connectivity index (χ1v) is 8.28. The minimum atomic E-state index is -0.320. The van der Waals surface area contributed by atoms with Crippen LogP contribution in [-0.2, 0) is 4.79 Å². The number of rotatable bonds is 7. The summed E-state index contributed by atoms with van der Waals surface area (Å²) in [6.45, 7) is 3.93. The van der Waals surface area contributed by atoms with Crippen molar-refractivity contribution < 1.29 is 14.3 Å². The Morgan fingerprint density at radius 1 is 1.12 bits per heavy atom. The largest absolute Gasteiger partial charge is 0.493 e. The Hall–Kier alpha value is -2.53. The average Bonchev–Trinajstić information content (AvgIpc) is 2.61. The van der Waals surface area contributed by atoms with Gasteiger partial charge in [-0.05, 0) is 42.7 Å². The van der Waals surface area contributed by atoms with Crippen LogP contribution < -0.4 is 20.5 Å². The van der Waals surface area contributed by atoms with Crippen molar-refractivity contribution in [1.82, 2.24) is 5.32 Å². The topological polar surface area (TPSA) is 73.6 Å². The Bertz CT molecular complexity index is 716. The predicted molar refractivity (Wildman–Crippen MR) is 98.8 cm³/mol. The van der Waals surface area contributed by atoms with E-state index in [2.05, 4.69) is 5.32 Å². The Morgan fingerprint density at radius 3 is 2.32 bits per heavy atom. The highest BCUT2D eigenvalue weighted by Crippen LogP contribution is 2.32. The number of carbonyl (C=O) groups is 1. The lowest BCUT2D eigenvalue weighted by atomic mass is 10.0. The van der Waals surface area contributed by atoms with Crippen LogP contribution in [0, 0.1) is 6.92 Å².